The van der Waals surface area contributed by atoms with Crippen molar-refractivity contribution < 1.29 is 5.11 Å². The van der Waals surface area contributed by atoms with Crippen LogP contribution in [0, 0.1) is 0 Å². The fourth-order valence-corrected chi connectivity index (χ4v) is 5.13. The number of rotatable bonds is 5. The summed E-state index contributed by atoms with van der Waals surface area (Å²) >= 11 is 0. The third kappa shape index (κ3) is 3.90. The fourth-order valence-electron chi connectivity index (χ4n) is 5.13. The molecule has 1 aliphatic heterocycles. The number of piperidine rings is 1. The summed E-state index contributed by atoms with van der Waals surface area (Å²) in [5.74, 6) is 0.736. The molecule has 3 heterocycles. The van der Waals surface area contributed by atoms with E-state index < -0.39 is 0 Å². The topological polar surface area (TPSA) is 99.9 Å². The van der Waals surface area contributed by atoms with Crippen molar-refractivity contribution in [2.24, 2.45) is 0 Å². The van der Waals surface area contributed by atoms with Crippen LogP contribution in [0.4, 0.5) is 0 Å². The number of pyridine rings is 1. The van der Waals surface area contributed by atoms with Gasteiger partial charge in [-0.1, -0.05) is 25.8 Å². The third-order valence-electron chi connectivity index (χ3n) is 6.94. The molecule has 0 spiro atoms. The summed E-state index contributed by atoms with van der Waals surface area (Å²) in [5, 5.41) is 23.9. The van der Waals surface area contributed by atoms with Crippen LogP contribution in [0.25, 0.3) is 10.9 Å². The lowest BCUT2D eigenvalue weighted by molar-refractivity contribution is 0.0654. The highest BCUT2D eigenvalue weighted by Gasteiger charge is 2.34. The van der Waals surface area contributed by atoms with E-state index in [1.807, 2.05) is 16.8 Å². The second kappa shape index (κ2) is 8.51. The average molecular weight is 423 g/mol. The molecule has 1 aliphatic carbocycles. The number of hydrogen-bond donors (Lipinski definition) is 2. The Morgan fingerprint density at radius 2 is 1.94 bits per heavy atom. The summed E-state index contributed by atoms with van der Waals surface area (Å²) in [4.78, 5) is 18.6. The minimum absolute atomic E-state index is 0.103. The molecule has 0 amide bonds. The standard InChI is InChI=1S/C23H30N6O2/c1-2-15-7-8-20-16(13-15)14-19(23(31)24-20)21(28-11-9-18(30)10-12-28)22-25-26-27-29(22)17-5-3-4-6-17/h7-8,13-14,17-18,21,30H,2-6,9-12H2,1H3,(H,24,31)/t21-/m1/s1. The van der Waals surface area contributed by atoms with Crippen LogP contribution in [-0.4, -0.2) is 54.4 Å². The Kier molecular flexibility index (Phi) is 5.58. The predicted octanol–water partition coefficient (Wildman–Crippen LogP) is 2.74. The molecule has 3 aromatic rings. The van der Waals surface area contributed by atoms with Crippen molar-refractivity contribution in [2.45, 2.75) is 70.1 Å². The van der Waals surface area contributed by atoms with E-state index in [0.29, 0.717) is 31.5 Å². The molecule has 8 heteroatoms. The SMILES string of the molecule is CCc1ccc2[nH]c(=O)c([C@H](c3nnnn3C3CCCC3)N3CCC(O)CC3)cc2c1. The van der Waals surface area contributed by atoms with Gasteiger partial charge in [-0.05, 0) is 71.7 Å². The first-order valence-corrected chi connectivity index (χ1v) is 11.5. The molecule has 0 radical (unpaired) electrons. The molecule has 2 N–H and O–H groups in total. The van der Waals surface area contributed by atoms with E-state index >= 15 is 0 Å². The normalized spacial score (nSPS) is 19.9. The monoisotopic (exact) mass is 422 g/mol. The highest BCUT2D eigenvalue weighted by molar-refractivity contribution is 5.80. The summed E-state index contributed by atoms with van der Waals surface area (Å²) in [7, 11) is 0. The van der Waals surface area contributed by atoms with E-state index in [4.69, 9.17) is 0 Å². The molecule has 2 fully saturated rings. The van der Waals surface area contributed by atoms with Gasteiger partial charge in [-0.2, -0.15) is 0 Å². The Morgan fingerprint density at radius 1 is 1.16 bits per heavy atom. The van der Waals surface area contributed by atoms with Crippen molar-refractivity contribution in [3.8, 4) is 0 Å². The van der Waals surface area contributed by atoms with Crippen molar-refractivity contribution in [1.29, 1.82) is 0 Å². The van der Waals surface area contributed by atoms with Gasteiger partial charge in [0.1, 0.15) is 6.04 Å². The third-order valence-corrected chi connectivity index (χ3v) is 6.94. The van der Waals surface area contributed by atoms with Gasteiger partial charge >= 0.3 is 0 Å². The van der Waals surface area contributed by atoms with E-state index in [2.05, 4.69) is 44.5 Å². The number of likely N-dealkylation sites (tertiary alicyclic amines) is 1. The molecule has 1 atom stereocenters. The number of nitrogens with one attached hydrogen (secondary N) is 1. The molecule has 8 nitrogen and oxygen atoms in total. The Labute approximate surface area is 181 Å². The van der Waals surface area contributed by atoms with Crippen LogP contribution in [0.1, 0.15) is 74.5 Å². The minimum Gasteiger partial charge on any atom is -0.393 e. The van der Waals surface area contributed by atoms with Gasteiger partial charge < -0.3 is 10.1 Å². The average Bonchev–Trinajstić information content (AvgIpc) is 3.47. The number of aromatic nitrogens is 5. The van der Waals surface area contributed by atoms with E-state index in [0.717, 1.165) is 36.0 Å². The van der Waals surface area contributed by atoms with Crippen LogP contribution in [-0.2, 0) is 6.42 Å². The van der Waals surface area contributed by atoms with E-state index in [-0.39, 0.29) is 23.7 Å². The maximum Gasteiger partial charge on any atom is 0.253 e. The van der Waals surface area contributed by atoms with Gasteiger partial charge in [0.05, 0.1) is 12.1 Å². The Morgan fingerprint density at radius 3 is 2.68 bits per heavy atom. The van der Waals surface area contributed by atoms with Crippen molar-refractivity contribution in [1.82, 2.24) is 30.1 Å². The molecule has 2 aliphatic rings. The number of benzene rings is 1. The largest absolute Gasteiger partial charge is 0.393 e. The molecule has 164 valence electrons. The highest BCUT2D eigenvalue weighted by Crippen LogP contribution is 2.34. The van der Waals surface area contributed by atoms with E-state index in [9.17, 15) is 9.90 Å². The van der Waals surface area contributed by atoms with Crippen LogP contribution in [0.15, 0.2) is 29.1 Å². The zero-order valence-electron chi connectivity index (χ0n) is 18.0. The van der Waals surface area contributed by atoms with Gasteiger partial charge in [0.15, 0.2) is 5.82 Å². The van der Waals surface area contributed by atoms with Gasteiger partial charge in [0, 0.05) is 24.2 Å². The summed E-state index contributed by atoms with van der Waals surface area (Å²) in [6.45, 7) is 3.54. The van der Waals surface area contributed by atoms with Gasteiger partial charge in [-0.25, -0.2) is 4.68 Å². The molecule has 5 rings (SSSR count). The smallest absolute Gasteiger partial charge is 0.253 e. The summed E-state index contributed by atoms with van der Waals surface area (Å²) < 4.78 is 1.95. The quantitative estimate of drug-likeness (QED) is 0.656. The maximum absolute atomic E-state index is 13.3. The Hall–Kier alpha value is -2.58. The zero-order chi connectivity index (χ0) is 21.4. The molecule has 2 aromatic heterocycles. The first-order valence-electron chi connectivity index (χ1n) is 11.5. The number of hydrogen-bond acceptors (Lipinski definition) is 6. The second-order valence-corrected chi connectivity index (χ2v) is 8.92. The lowest BCUT2D eigenvalue weighted by atomic mass is 9.98. The molecule has 1 aromatic carbocycles. The molecular formula is C23H30N6O2. The second-order valence-electron chi connectivity index (χ2n) is 8.92. The first-order chi connectivity index (χ1) is 15.1. The van der Waals surface area contributed by atoms with Crippen molar-refractivity contribution in [3.63, 3.8) is 0 Å². The molecule has 1 saturated carbocycles. The van der Waals surface area contributed by atoms with Gasteiger partial charge in [-0.15, -0.1) is 5.10 Å². The van der Waals surface area contributed by atoms with Crippen molar-refractivity contribution in [2.75, 3.05) is 13.1 Å². The number of nitrogens with zero attached hydrogens (tertiary/aromatic N) is 5. The number of aliphatic hydroxyl groups excluding tert-OH is 1. The first kappa shape index (κ1) is 20.3. The molecule has 0 unspecified atom stereocenters. The van der Waals surface area contributed by atoms with E-state index in [1.54, 1.807) is 0 Å². The summed E-state index contributed by atoms with van der Waals surface area (Å²) in [6, 6.07) is 8.15. The van der Waals surface area contributed by atoms with Gasteiger partial charge in [0.2, 0.25) is 0 Å². The van der Waals surface area contributed by atoms with Gasteiger partial charge in [-0.3, -0.25) is 9.69 Å². The Balaban J connectivity index is 1.63. The number of H-pyrrole nitrogens is 1. The predicted molar refractivity (Wildman–Crippen MR) is 118 cm³/mol. The summed E-state index contributed by atoms with van der Waals surface area (Å²) in [6.07, 6.45) is 6.53. The molecule has 1 saturated heterocycles. The number of fused-ring (bicyclic) bond motifs is 1. The van der Waals surface area contributed by atoms with Crippen molar-refractivity contribution in [3.05, 3.63) is 51.6 Å². The minimum atomic E-state index is -0.332. The van der Waals surface area contributed by atoms with Crippen LogP contribution < -0.4 is 5.56 Å². The maximum atomic E-state index is 13.3. The Bertz CT molecular complexity index is 1110. The van der Waals surface area contributed by atoms with Crippen LogP contribution >= 0.6 is 0 Å². The number of tetrazole rings is 1. The lowest BCUT2D eigenvalue weighted by Crippen LogP contribution is -2.42. The molecule has 31 heavy (non-hydrogen) atoms. The number of aryl methyl sites for hydroxylation is 1. The highest BCUT2D eigenvalue weighted by atomic mass is 16.3. The molecule has 0 bridgehead atoms. The van der Waals surface area contributed by atoms with Gasteiger partial charge in [0.25, 0.3) is 5.56 Å². The zero-order valence-corrected chi connectivity index (χ0v) is 18.0. The fraction of sp³-hybridized carbons (Fsp3) is 0.565. The lowest BCUT2D eigenvalue weighted by Gasteiger charge is -2.35. The van der Waals surface area contributed by atoms with E-state index in [1.165, 1.54) is 18.4 Å². The number of aliphatic hydroxyl groups is 1. The molecular weight excluding hydrogens is 392 g/mol. The number of aromatic amines is 1. The van der Waals surface area contributed by atoms with Crippen LogP contribution in [0.2, 0.25) is 0 Å². The van der Waals surface area contributed by atoms with Crippen LogP contribution in [0.3, 0.4) is 0 Å². The van der Waals surface area contributed by atoms with Crippen LogP contribution in [0.5, 0.6) is 0 Å². The van der Waals surface area contributed by atoms with Crippen molar-refractivity contribution >= 4 is 10.9 Å². The summed E-state index contributed by atoms with van der Waals surface area (Å²) in [5.41, 5.74) is 2.65.